The van der Waals surface area contributed by atoms with E-state index in [0.29, 0.717) is 29.5 Å². The van der Waals surface area contributed by atoms with Crippen LogP contribution >= 0.6 is 11.3 Å². The summed E-state index contributed by atoms with van der Waals surface area (Å²) in [5.74, 6) is 0. The molecule has 0 unspecified atom stereocenters. The van der Waals surface area contributed by atoms with Gasteiger partial charge in [-0.15, -0.1) is 0 Å². The van der Waals surface area contributed by atoms with Gasteiger partial charge in [-0.2, -0.15) is 4.98 Å². The van der Waals surface area contributed by atoms with E-state index in [1.165, 1.54) is 35.6 Å². The first kappa shape index (κ1) is 19.9. The van der Waals surface area contributed by atoms with Gasteiger partial charge in [-0.05, 0) is 11.6 Å². The Morgan fingerprint density at radius 1 is 0.933 bits per heavy atom. The van der Waals surface area contributed by atoms with Crippen LogP contribution in [-0.4, -0.2) is 45.9 Å². The molecule has 3 aromatic rings. The van der Waals surface area contributed by atoms with Crippen LogP contribution in [0.5, 0.6) is 0 Å². The summed E-state index contributed by atoms with van der Waals surface area (Å²) in [6.07, 6.45) is 0. The normalized spacial score (nSPS) is 14.7. The van der Waals surface area contributed by atoms with Crippen molar-refractivity contribution in [2.45, 2.75) is 6.54 Å². The highest BCUT2D eigenvalue weighted by atomic mass is 32.1. The summed E-state index contributed by atoms with van der Waals surface area (Å²) in [5.41, 5.74) is 0.493. The quantitative estimate of drug-likeness (QED) is 0.450. The fourth-order valence-electron chi connectivity index (χ4n) is 3.37. The first-order valence-corrected chi connectivity index (χ1v) is 10.0. The van der Waals surface area contributed by atoms with Crippen molar-refractivity contribution in [2.24, 2.45) is 0 Å². The van der Waals surface area contributed by atoms with Crippen molar-refractivity contribution in [3.63, 3.8) is 0 Å². The summed E-state index contributed by atoms with van der Waals surface area (Å²) in [5, 5.41) is 22.5. The standard InChI is InChI=1S/C19H17N5O5S/c25-18-16-11-15(24(28)29)5-6-17(16)30-19(20-18)22-9-7-21(8-10-22)12-13-1-3-14(4-2-13)23(26)27/h1-6,11H,7-10,12H2. The third kappa shape index (κ3) is 4.11. The third-order valence-corrected chi connectivity index (χ3v) is 6.11. The molecule has 0 N–H and O–H groups in total. The summed E-state index contributed by atoms with van der Waals surface area (Å²) in [6.45, 7) is 3.59. The van der Waals surface area contributed by atoms with E-state index in [0.717, 1.165) is 18.7 Å². The van der Waals surface area contributed by atoms with Crippen LogP contribution in [0.3, 0.4) is 0 Å². The van der Waals surface area contributed by atoms with E-state index in [-0.39, 0.29) is 16.8 Å². The lowest BCUT2D eigenvalue weighted by Crippen LogP contribution is -2.46. The minimum atomic E-state index is -0.526. The number of non-ortho nitro benzene ring substituents is 2. The first-order chi connectivity index (χ1) is 14.4. The molecule has 0 saturated carbocycles. The van der Waals surface area contributed by atoms with Gasteiger partial charge in [0.1, 0.15) is 0 Å². The number of benzene rings is 2. The Balaban J connectivity index is 1.44. The molecule has 2 heterocycles. The molecule has 0 atom stereocenters. The molecular weight excluding hydrogens is 410 g/mol. The zero-order valence-electron chi connectivity index (χ0n) is 15.8. The highest BCUT2D eigenvalue weighted by Crippen LogP contribution is 2.27. The van der Waals surface area contributed by atoms with E-state index in [4.69, 9.17) is 0 Å². The number of hydrogen-bond acceptors (Lipinski definition) is 9. The number of nitro groups is 2. The number of nitrogens with zero attached hydrogens (tertiary/aromatic N) is 5. The van der Waals surface area contributed by atoms with Gasteiger partial charge in [-0.1, -0.05) is 23.5 Å². The van der Waals surface area contributed by atoms with Gasteiger partial charge in [0.2, 0.25) is 0 Å². The summed E-state index contributed by atoms with van der Waals surface area (Å²) in [4.78, 5) is 41.6. The first-order valence-electron chi connectivity index (χ1n) is 9.20. The number of anilines is 1. The molecule has 11 heteroatoms. The molecule has 2 aromatic carbocycles. The van der Waals surface area contributed by atoms with Crippen LogP contribution in [0.1, 0.15) is 5.56 Å². The van der Waals surface area contributed by atoms with Gasteiger partial charge in [0, 0.05) is 61.7 Å². The fraction of sp³-hybridized carbons (Fsp3) is 0.263. The second-order valence-corrected chi connectivity index (χ2v) is 7.94. The van der Waals surface area contributed by atoms with E-state index in [9.17, 15) is 25.0 Å². The lowest BCUT2D eigenvalue weighted by atomic mass is 10.2. The molecule has 10 nitrogen and oxygen atoms in total. The monoisotopic (exact) mass is 427 g/mol. The molecule has 0 bridgehead atoms. The molecule has 1 saturated heterocycles. The largest absolute Gasteiger partial charge is 0.345 e. The van der Waals surface area contributed by atoms with E-state index in [2.05, 4.69) is 9.88 Å². The zero-order chi connectivity index (χ0) is 21.3. The smallest absolute Gasteiger partial charge is 0.281 e. The fourth-order valence-corrected chi connectivity index (χ4v) is 4.40. The number of aromatic nitrogens is 1. The van der Waals surface area contributed by atoms with Gasteiger partial charge in [0.05, 0.1) is 15.2 Å². The predicted octanol–water partition coefficient (Wildman–Crippen LogP) is 2.80. The number of hydrogen-bond donors (Lipinski definition) is 0. The Morgan fingerprint density at radius 3 is 2.20 bits per heavy atom. The Morgan fingerprint density at radius 2 is 1.57 bits per heavy atom. The predicted molar refractivity (Wildman–Crippen MR) is 113 cm³/mol. The second kappa shape index (κ2) is 8.13. The lowest BCUT2D eigenvalue weighted by molar-refractivity contribution is -0.385. The van der Waals surface area contributed by atoms with E-state index < -0.39 is 15.4 Å². The lowest BCUT2D eigenvalue weighted by Gasteiger charge is -2.34. The van der Waals surface area contributed by atoms with Crippen LogP contribution in [0.25, 0.3) is 10.1 Å². The highest BCUT2D eigenvalue weighted by Gasteiger charge is 2.20. The minimum absolute atomic E-state index is 0.0752. The molecule has 0 aliphatic carbocycles. The second-order valence-electron chi connectivity index (χ2n) is 6.93. The number of piperazine rings is 1. The van der Waals surface area contributed by atoms with Crippen LogP contribution in [0.4, 0.5) is 16.5 Å². The molecule has 0 radical (unpaired) electrons. The van der Waals surface area contributed by atoms with Gasteiger partial charge < -0.3 is 4.90 Å². The number of fused-ring (bicyclic) bond motifs is 1. The summed E-state index contributed by atoms with van der Waals surface area (Å²) < 4.78 is 0.670. The molecule has 30 heavy (non-hydrogen) atoms. The van der Waals surface area contributed by atoms with E-state index >= 15 is 0 Å². The maximum Gasteiger partial charge on any atom is 0.281 e. The van der Waals surface area contributed by atoms with Crippen molar-refractivity contribution in [3.8, 4) is 0 Å². The molecule has 1 aliphatic rings. The number of nitro benzene ring substituents is 2. The van der Waals surface area contributed by atoms with Crippen LogP contribution < -0.4 is 10.5 Å². The SMILES string of the molecule is O=c1nc(N2CCN(Cc3ccc([N+](=O)[O-])cc3)CC2)sc2ccc([N+](=O)[O-])cc12. The summed E-state index contributed by atoms with van der Waals surface area (Å²) in [6, 6.07) is 10.8. The van der Waals surface area contributed by atoms with Crippen molar-refractivity contribution in [1.29, 1.82) is 0 Å². The van der Waals surface area contributed by atoms with E-state index in [1.54, 1.807) is 18.2 Å². The molecule has 1 aliphatic heterocycles. The maximum absolute atomic E-state index is 12.4. The molecule has 1 fully saturated rings. The Hall–Kier alpha value is -3.44. The van der Waals surface area contributed by atoms with Gasteiger partial charge >= 0.3 is 0 Å². The van der Waals surface area contributed by atoms with Gasteiger partial charge in [0.25, 0.3) is 16.9 Å². The summed E-state index contributed by atoms with van der Waals surface area (Å²) in [7, 11) is 0. The molecule has 0 spiro atoms. The maximum atomic E-state index is 12.4. The summed E-state index contributed by atoms with van der Waals surface area (Å²) >= 11 is 1.35. The van der Waals surface area contributed by atoms with Crippen LogP contribution in [-0.2, 0) is 6.54 Å². The minimum Gasteiger partial charge on any atom is -0.345 e. The highest BCUT2D eigenvalue weighted by molar-refractivity contribution is 7.21. The third-order valence-electron chi connectivity index (χ3n) is 5.00. The molecule has 154 valence electrons. The van der Waals surface area contributed by atoms with Crippen molar-refractivity contribution in [2.75, 3.05) is 31.1 Å². The average molecular weight is 427 g/mol. The Bertz CT molecular complexity index is 1170. The van der Waals surface area contributed by atoms with Crippen LogP contribution in [0.15, 0.2) is 47.3 Å². The Labute approximate surface area is 174 Å². The topological polar surface area (TPSA) is 123 Å². The van der Waals surface area contributed by atoms with Crippen LogP contribution in [0.2, 0.25) is 0 Å². The van der Waals surface area contributed by atoms with Crippen molar-refractivity contribution >= 4 is 37.9 Å². The van der Waals surface area contributed by atoms with Crippen LogP contribution in [0, 0.1) is 20.2 Å². The van der Waals surface area contributed by atoms with Gasteiger partial charge in [0.15, 0.2) is 5.13 Å². The van der Waals surface area contributed by atoms with Crippen molar-refractivity contribution in [1.82, 2.24) is 9.88 Å². The molecular formula is C19H17N5O5S. The molecule has 0 amide bonds. The van der Waals surface area contributed by atoms with Crippen molar-refractivity contribution < 1.29 is 9.85 Å². The van der Waals surface area contributed by atoms with Crippen molar-refractivity contribution in [3.05, 3.63) is 78.6 Å². The molecule has 4 rings (SSSR count). The zero-order valence-corrected chi connectivity index (χ0v) is 16.6. The Kier molecular flexibility index (Phi) is 5.38. The average Bonchev–Trinajstić information content (AvgIpc) is 2.74. The molecule has 1 aromatic heterocycles. The van der Waals surface area contributed by atoms with E-state index in [1.807, 2.05) is 4.90 Å². The van der Waals surface area contributed by atoms with Gasteiger partial charge in [-0.3, -0.25) is 29.9 Å². The van der Waals surface area contributed by atoms with Gasteiger partial charge in [-0.25, -0.2) is 0 Å². The number of rotatable bonds is 5.